The number of hydrogen-bond donors (Lipinski definition) is 0. The van der Waals surface area contributed by atoms with Crippen LogP contribution >= 0.6 is 11.6 Å². The monoisotopic (exact) mass is 345 g/mol. The number of rotatable bonds is 3. The zero-order valence-corrected chi connectivity index (χ0v) is 13.4. The molecule has 24 heavy (non-hydrogen) atoms. The Morgan fingerprint density at radius 2 is 2.12 bits per heavy atom. The Morgan fingerprint density at radius 3 is 2.88 bits per heavy atom. The second-order valence-electron chi connectivity index (χ2n) is 5.18. The van der Waals surface area contributed by atoms with Gasteiger partial charge in [-0.05, 0) is 30.7 Å². The van der Waals surface area contributed by atoms with Crippen LogP contribution in [0.15, 0.2) is 51.8 Å². The highest BCUT2D eigenvalue weighted by Gasteiger charge is 2.18. The number of fused-ring (bicyclic) bond motifs is 1. The molecule has 0 N–H and O–H groups in total. The highest BCUT2D eigenvalue weighted by molar-refractivity contribution is 6.32. The first kappa shape index (κ1) is 16.0. The van der Waals surface area contributed by atoms with Gasteiger partial charge in [-0.15, -0.1) is 0 Å². The number of hydrogen-bond acceptors (Lipinski definition) is 5. The molecule has 0 amide bonds. The van der Waals surface area contributed by atoms with Gasteiger partial charge in [0.05, 0.1) is 0 Å². The molecule has 0 radical (unpaired) electrons. The number of nitrogens with zero attached hydrogens (tertiary/aromatic N) is 1. The highest BCUT2D eigenvalue weighted by Crippen LogP contribution is 2.25. The number of halogens is 1. The first-order valence-corrected chi connectivity index (χ1v) is 7.41. The number of aromatic nitrogens is 1. The zero-order chi connectivity index (χ0) is 17.3. The van der Waals surface area contributed by atoms with Crippen LogP contribution in [0.1, 0.15) is 21.6 Å². The highest BCUT2D eigenvalue weighted by atomic mass is 35.5. The summed E-state index contributed by atoms with van der Waals surface area (Å²) in [5, 5.41) is 12.6. The van der Waals surface area contributed by atoms with Crippen molar-refractivity contribution in [2.24, 2.45) is 0 Å². The van der Waals surface area contributed by atoms with Gasteiger partial charge in [0.2, 0.25) is 0 Å². The van der Waals surface area contributed by atoms with E-state index < -0.39 is 11.6 Å². The van der Waals surface area contributed by atoms with E-state index in [2.05, 4.69) is 0 Å². The molecule has 7 heteroatoms. The second-order valence-corrected chi connectivity index (χ2v) is 5.58. The van der Waals surface area contributed by atoms with E-state index in [1.807, 2.05) is 0 Å². The minimum Gasteiger partial charge on any atom is -0.618 e. The first-order chi connectivity index (χ1) is 11.5. The molecule has 2 aromatic heterocycles. The van der Waals surface area contributed by atoms with E-state index in [4.69, 9.17) is 20.8 Å². The summed E-state index contributed by atoms with van der Waals surface area (Å²) in [4.78, 5) is 23.7. The minimum absolute atomic E-state index is 0.140. The molecule has 0 saturated heterocycles. The quantitative estimate of drug-likeness (QED) is 0.315. The Balaban J connectivity index is 1.93. The molecule has 0 aliphatic rings. The summed E-state index contributed by atoms with van der Waals surface area (Å²) < 4.78 is 10.7. The van der Waals surface area contributed by atoms with Gasteiger partial charge in [0.25, 0.3) is 0 Å². The topological polar surface area (TPSA) is 83.5 Å². The van der Waals surface area contributed by atoms with E-state index in [1.165, 1.54) is 24.4 Å². The van der Waals surface area contributed by atoms with Crippen molar-refractivity contribution in [1.82, 2.24) is 0 Å². The van der Waals surface area contributed by atoms with Crippen LogP contribution in [0, 0.1) is 12.1 Å². The predicted octanol–water partition coefficient (Wildman–Crippen LogP) is 2.75. The van der Waals surface area contributed by atoms with Crippen LogP contribution in [-0.2, 0) is 11.3 Å². The van der Waals surface area contributed by atoms with E-state index in [9.17, 15) is 14.8 Å². The molecule has 0 fully saturated rings. The lowest BCUT2D eigenvalue weighted by molar-refractivity contribution is -0.608. The molecule has 0 spiro atoms. The fourth-order valence-electron chi connectivity index (χ4n) is 2.27. The van der Waals surface area contributed by atoms with Crippen LogP contribution in [0.25, 0.3) is 11.0 Å². The Bertz CT molecular complexity index is 996. The lowest BCUT2D eigenvalue weighted by Crippen LogP contribution is -2.34. The molecule has 0 bridgehead atoms. The number of carbonyl (C=O) groups is 1. The summed E-state index contributed by atoms with van der Waals surface area (Å²) in [5.74, 6) is -0.787. The van der Waals surface area contributed by atoms with Gasteiger partial charge < -0.3 is 14.4 Å². The number of pyridine rings is 1. The summed E-state index contributed by atoms with van der Waals surface area (Å²) in [6.07, 6.45) is 1.20. The maximum absolute atomic E-state index is 12.0. The molecule has 6 nitrogen and oxygen atoms in total. The van der Waals surface area contributed by atoms with E-state index >= 15 is 0 Å². The third-order valence-corrected chi connectivity index (χ3v) is 3.91. The average Bonchev–Trinajstić information content (AvgIpc) is 2.54. The van der Waals surface area contributed by atoms with E-state index in [0.717, 1.165) is 5.56 Å². The normalized spacial score (nSPS) is 10.8. The van der Waals surface area contributed by atoms with Gasteiger partial charge in [-0.25, -0.2) is 9.59 Å². The summed E-state index contributed by atoms with van der Waals surface area (Å²) in [5.41, 5.74) is 0.865. The van der Waals surface area contributed by atoms with Gasteiger partial charge in [-0.1, -0.05) is 11.6 Å². The van der Waals surface area contributed by atoms with Gasteiger partial charge in [0.15, 0.2) is 6.20 Å². The number of ether oxygens (including phenoxy) is 1. The van der Waals surface area contributed by atoms with Gasteiger partial charge >= 0.3 is 17.3 Å². The SMILES string of the molecule is Cc1cc2oc(=O)cc(COC(=O)c3cccc[n+]3[O-])c2cc1Cl. The maximum Gasteiger partial charge on any atom is 0.405 e. The van der Waals surface area contributed by atoms with Crippen molar-refractivity contribution in [3.63, 3.8) is 0 Å². The molecule has 0 saturated carbocycles. The third kappa shape index (κ3) is 3.09. The average molecular weight is 346 g/mol. The van der Waals surface area contributed by atoms with E-state index in [1.54, 1.807) is 25.1 Å². The maximum atomic E-state index is 12.0. The summed E-state index contributed by atoms with van der Waals surface area (Å²) in [7, 11) is 0. The molecule has 0 atom stereocenters. The van der Waals surface area contributed by atoms with Crippen molar-refractivity contribution in [3.8, 4) is 0 Å². The molecule has 1 aromatic carbocycles. The predicted molar refractivity (Wildman–Crippen MR) is 86.8 cm³/mol. The largest absolute Gasteiger partial charge is 0.618 e. The number of esters is 1. The van der Waals surface area contributed by atoms with Crippen LogP contribution in [0.5, 0.6) is 0 Å². The van der Waals surface area contributed by atoms with Gasteiger partial charge in [-0.3, -0.25) is 0 Å². The molecule has 0 unspecified atom stereocenters. The lowest BCUT2D eigenvalue weighted by atomic mass is 10.1. The molecule has 2 heterocycles. The molecule has 0 aliphatic heterocycles. The fraction of sp³-hybridized carbons (Fsp3) is 0.118. The Hall–Kier alpha value is -2.86. The lowest BCUT2D eigenvalue weighted by Gasteiger charge is -2.08. The molecule has 3 aromatic rings. The van der Waals surface area contributed by atoms with Crippen molar-refractivity contribution >= 4 is 28.5 Å². The Morgan fingerprint density at radius 1 is 1.33 bits per heavy atom. The van der Waals surface area contributed by atoms with Crippen LogP contribution in [-0.4, -0.2) is 5.97 Å². The van der Waals surface area contributed by atoms with Crippen molar-refractivity contribution in [2.45, 2.75) is 13.5 Å². The molecule has 3 rings (SSSR count). The third-order valence-electron chi connectivity index (χ3n) is 3.50. The summed E-state index contributed by atoms with van der Waals surface area (Å²) in [6.45, 7) is 1.60. The van der Waals surface area contributed by atoms with Crippen molar-refractivity contribution < 1.29 is 18.7 Å². The van der Waals surface area contributed by atoms with Crippen molar-refractivity contribution in [2.75, 3.05) is 0 Å². The van der Waals surface area contributed by atoms with E-state index in [0.29, 0.717) is 26.3 Å². The second kappa shape index (κ2) is 6.33. The smallest absolute Gasteiger partial charge is 0.405 e. The standard InChI is InChI=1S/C17H12ClNO5/c1-10-6-15-12(8-13(10)18)11(7-16(20)24-15)9-23-17(21)14-4-2-3-5-19(14)22/h2-8H,9H2,1H3. The molecule has 122 valence electrons. The molecule has 0 aliphatic carbocycles. The first-order valence-electron chi connectivity index (χ1n) is 7.04. The van der Waals surface area contributed by atoms with Crippen LogP contribution < -0.4 is 10.4 Å². The number of benzene rings is 1. The van der Waals surface area contributed by atoms with E-state index in [-0.39, 0.29) is 12.3 Å². The van der Waals surface area contributed by atoms with Gasteiger partial charge in [0, 0.05) is 34.2 Å². The number of carbonyl (C=O) groups excluding carboxylic acids is 1. The number of aryl methyl sites for hydroxylation is 1. The van der Waals surface area contributed by atoms with Crippen molar-refractivity contribution in [3.05, 3.63) is 80.1 Å². The van der Waals surface area contributed by atoms with Gasteiger partial charge in [0.1, 0.15) is 12.2 Å². The molecular weight excluding hydrogens is 334 g/mol. The summed E-state index contributed by atoms with van der Waals surface area (Å²) in [6, 6.07) is 8.94. The Kier molecular flexibility index (Phi) is 4.22. The van der Waals surface area contributed by atoms with Gasteiger partial charge in [-0.2, -0.15) is 4.73 Å². The zero-order valence-electron chi connectivity index (χ0n) is 12.6. The molecular formula is C17H12ClNO5. The van der Waals surface area contributed by atoms with Crippen LogP contribution in [0.2, 0.25) is 5.02 Å². The van der Waals surface area contributed by atoms with Crippen LogP contribution in [0.3, 0.4) is 0 Å². The fourth-order valence-corrected chi connectivity index (χ4v) is 2.43. The summed E-state index contributed by atoms with van der Waals surface area (Å²) >= 11 is 6.11. The van der Waals surface area contributed by atoms with Crippen LogP contribution in [0.4, 0.5) is 0 Å². The Labute approximate surface area is 141 Å². The minimum atomic E-state index is -0.787. The van der Waals surface area contributed by atoms with Crippen molar-refractivity contribution in [1.29, 1.82) is 0 Å².